The first-order chi connectivity index (χ1) is 13.8. The van der Waals surface area contributed by atoms with Crippen molar-refractivity contribution >= 4 is 46.6 Å². The van der Waals surface area contributed by atoms with Gasteiger partial charge in [-0.05, 0) is 37.3 Å². The molecule has 9 nitrogen and oxygen atoms in total. The monoisotopic (exact) mass is 417 g/mol. The number of benzene rings is 2. The number of hydrogen-bond acceptors (Lipinski definition) is 7. The first-order valence-electron chi connectivity index (χ1n) is 8.50. The average molecular weight is 417 g/mol. The summed E-state index contributed by atoms with van der Waals surface area (Å²) >= 11 is 0.965. The van der Waals surface area contributed by atoms with Crippen molar-refractivity contribution in [3.63, 3.8) is 0 Å². The highest BCUT2D eigenvalue weighted by Crippen LogP contribution is 2.28. The normalized spacial score (nSPS) is 11.2. The van der Waals surface area contributed by atoms with Crippen LogP contribution in [0, 0.1) is 10.1 Å². The van der Waals surface area contributed by atoms with E-state index in [0.717, 1.165) is 11.8 Å². The van der Waals surface area contributed by atoms with Crippen molar-refractivity contribution in [3.05, 3.63) is 58.6 Å². The number of esters is 1. The van der Waals surface area contributed by atoms with E-state index in [1.807, 2.05) is 0 Å². The molecular weight excluding hydrogens is 398 g/mol. The maximum Gasteiger partial charge on any atom is 0.317 e. The summed E-state index contributed by atoms with van der Waals surface area (Å²) in [6.07, 6.45) is -1.05. The van der Waals surface area contributed by atoms with Crippen LogP contribution in [0.15, 0.2) is 53.4 Å². The van der Waals surface area contributed by atoms with Gasteiger partial charge in [-0.25, -0.2) is 0 Å². The number of ether oxygens (including phenoxy) is 1. The van der Waals surface area contributed by atoms with Crippen LogP contribution in [-0.4, -0.2) is 34.6 Å². The quantitative estimate of drug-likeness (QED) is 0.292. The van der Waals surface area contributed by atoms with Gasteiger partial charge in [0, 0.05) is 24.4 Å². The summed E-state index contributed by atoms with van der Waals surface area (Å²) in [4.78, 5) is 45.9. The molecule has 0 spiro atoms. The molecule has 0 fully saturated rings. The second kappa shape index (κ2) is 10.2. The summed E-state index contributed by atoms with van der Waals surface area (Å²) in [5.41, 5.74) is 0.960. The van der Waals surface area contributed by atoms with E-state index in [4.69, 9.17) is 4.74 Å². The number of nitro benzene ring substituents is 1. The van der Waals surface area contributed by atoms with E-state index in [0.29, 0.717) is 16.3 Å². The van der Waals surface area contributed by atoms with Crippen LogP contribution in [0.4, 0.5) is 17.1 Å². The number of thioether (sulfide) groups is 1. The van der Waals surface area contributed by atoms with Crippen molar-refractivity contribution in [2.24, 2.45) is 0 Å². The predicted octanol–water partition coefficient (Wildman–Crippen LogP) is 3.22. The molecule has 0 bridgehead atoms. The molecule has 2 aromatic carbocycles. The zero-order valence-electron chi connectivity index (χ0n) is 15.7. The number of carbonyl (C=O) groups excluding carboxylic acids is 3. The van der Waals surface area contributed by atoms with E-state index in [1.54, 1.807) is 30.3 Å². The fourth-order valence-corrected chi connectivity index (χ4v) is 3.04. The number of amides is 2. The van der Waals surface area contributed by atoms with Crippen LogP contribution in [0.3, 0.4) is 0 Å². The SMILES string of the molecule is CC(=O)Nc1ccc(NC(=O)[C@@H](C)OC(=O)CSc2ccccc2[N+](=O)[O-])cc1. The average Bonchev–Trinajstić information content (AvgIpc) is 2.67. The molecule has 0 aliphatic carbocycles. The second-order valence-electron chi connectivity index (χ2n) is 5.89. The fraction of sp³-hybridized carbons (Fsp3) is 0.211. The summed E-state index contributed by atoms with van der Waals surface area (Å²) in [6, 6.07) is 12.5. The van der Waals surface area contributed by atoms with Gasteiger partial charge in [-0.2, -0.15) is 0 Å². The van der Waals surface area contributed by atoms with E-state index in [9.17, 15) is 24.5 Å². The second-order valence-corrected chi connectivity index (χ2v) is 6.91. The summed E-state index contributed by atoms with van der Waals surface area (Å²) < 4.78 is 5.08. The molecule has 0 saturated heterocycles. The molecule has 152 valence electrons. The Labute approximate surface area is 171 Å². The molecule has 2 rings (SSSR count). The summed E-state index contributed by atoms with van der Waals surface area (Å²) in [6.45, 7) is 2.81. The third-order valence-electron chi connectivity index (χ3n) is 3.56. The molecular formula is C19H19N3O6S. The van der Waals surface area contributed by atoms with Gasteiger partial charge in [0.25, 0.3) is 11.6 Å². The van der Waals surface area contributed by atoms with Crippen LogP contribution < -0.4 is 10.6 Å². The number of hydrogen-bond donors (Lipinski definition) is 2. The van der Waals surface area contributed by atoms with Gasteiger partial charge in [-0.1, -0.05) is 12.1 Å². The van der Waals surface area contributed by atoms with E-state index >= 15 is 0 Å². The standard InChI is InChI=1S/C19H19N3O6S/c1-12(19(25)21-15-9-7-14(8-10-15)20-13(2)23)28-18(24)11-29-17-6-4-3-5-16(17)22(26)27/h3-10,12H,11H2,1-2H3,(H,20,23)(H,21,25)/t12-/m1/s1. The van der Waals surface area contributed by atoms with Crippen LogP contribution >= 0.6 is 11.8 Å². The maximum absolute atomic E-state index is 12.2. The number of carbonyl (C=O) groups is 3. The number of para-hydroxylation sites is 1. The Hall–Kier alpha value is -3.40. The minimum atomic E-state index is -1.05. The lowest BCUT2D eigenvalue weighted by Crippen LogP contribution is -2.30. The van der Waals surface area contributed by atoms with Gasteiger partial charge in [0.1, 0.15) is 0 Å². The Morgan fingerprint density at radius 1 is 1.07 bits per heavy atom. The molecule has 0 heterocycles. The van der Waals surface area contributed by atoms with Crippen LogP contribution in [0.2, 0.25) is 0 Å². The lowest BCUT2D eigenvalue weighted by atomic mass is 10.2. The predicted molar refractivity (Wildman–Crippen MR) is 109 cm³/mol. The first kappa shape index (κ1) is 21.9. The van der Waals surface area contributed by atoms with Crippen LogP contribution in [0.25, 0.3) is 0 Å². The Kier molecular flexibility index (Phi) is 7.72. The number of rotatable bonds is 8. The number of anilines is 2. The summed E-state index contributed by atoms with van der Waals surface area (Å²) in [5, 5.41) is 16.2. The van der Waals surface area contributed by atoms with Crippen molar-refractivity contribution in [1.29, 1.82) is 0 Å². The van der Waals surface area contributed by atoms with E-state index in [2.05, 4.69) is 10.6 Å². The van der Waals surface area contributed by atoms with Gasteiger partial charge in [-0.15, -0.1) is 11.8 Å². The fourth-order valence-electron chi connectivity index (χ4n) is 2.24. The van der Waals surface area contributed by atoms with E-state index in [1.165, 1.54) is 32.0 Å². The Balaban J connectivity index is 1.85. The topological polar surface area (TPSA) is 128 Å². The van der Waals surface area contributed by atoms with Crippen molar-refractivity contribution in [2.45, 2.75) is 24.8 Å². The summed E-state index contributed by atoms with van der Waals surface area (Å²) in [5.74, 6) is -1.58. The van der Waals surface area contributed by atoms with Gasteiger partial charge in [0.05, 0.1) is 15.6 Å². The molecule has 0 unspecified atom stereocenters. The minimum absolute atomic E-state index is 0.0983. The molecule has 0 aliphatic rings. The molecule has 2 aromatic rings. The number of nitro groups is 1. The Morgan fingerprint density at radius 3 is 2.24 bits per heavy atom. The lowest BCUT2D eigenvalue weighted by Gasteiger charge is -2.14. The van der Waals surface area contributed by atoms with Gasteiger partial charge in [0.2, 0.25) is 5.91 Å². The molecule has 1 atom stereocenters. The van der Waals surface area contributed by atoms with Gasteiger partial charge >= 0.3 is 5.97 Å². The van der Waals surface area contributed by atoms with Gasteiger partial charge in [-0.3, -0.25) is 24.5 Å². The molecule has 0 saturated carbocycles. The molecule has 29 heavy (non-hydrogen) atoms. The molecule has 2 N–H and O–H groups in total. The smallest absolute Gasteiger partial charge is 0.317 e. The Morgan fingerprint density at radius 2 is 1.66 bits per heavy atom. The van der Waals surface area contributed by atoms with Crippen LogP contribution in [0.1, 0.15) is 13.8 Å². The third-order valence-corrected chi connectivity index (χ3v) is 4.59. The van der Waals surface area contributed by atoms with E-state index in [-0.39, 0.29) is 17.3 Å². The van der Waals surface area contributed by atoms with Crippen molar-refractivity contribution in [3.8, 4) is 0 Å². The molecule has 2 amide bonds. The van der Waals surface area contributed by atoms with Crippen molar-refractivity contribution in [1.82, 2.24) is 0 Å². The molecule has 0 aliphatic heterocycles. The summed E-state index contributed by atoms with van der Waals surface area (Å²) in [7, 11) is 0. The lowest BCUT2D eigenvalue weighted by molar-refractivity contribution is -0.387. The van der Waals surface area contributed by atoms with E-state index < -0.39 is 22.9 Å². The highest BCUT2D eigenvalue weighted by molar-refractivity contribution is 8.00. The van der Waals surface area contributed by atoms with Crippen LogP contribution in [0.5, 0.6) is 0 Å². The zero-order chi connectivity index (χ0) is 21.4. The van der Waals surface area contributed by atoms with Crippen molar-refractivity contribution in [2.75, 3.05) is 16.4 Å². The third kappa shape index (κ3) is 6.92. The Bertz CT molecular complexity index is 916. The molecule has 0 radical (unpaired) electrons. The van der Waals surface area contributed by atoms with Crippen LogP contribution in [-0.2, 0) is 19.1 Å². The van der Waals surface area contributed by atoms with Crippen molar-refractivity contribution < 1.29 is 24.0 Å². The highest BCUT2D eigenvalue weighted by atomic mass is 32.2. The molecule has 0 aromatic heterocycles. The maximum atomic E-state index is 12.2. The minimum Gasteiger partial charge on any atom is -0.452 e. The van der Waals surface area contributed by atoms with Gasteiger partial charge < -0.3 is 15.4 Å². The molecule has 10 heteroatoms. The highest BCUT2D eigenvalue weighted by Gasteiger charge is 2.20. The first-order valence-corrected chi connectivity index (χ1v) is 9.49. The largest absolute Gasteiger partial charge is 0.452 e. The van der Waals surface area contributed by atoms with Gasteiger partial charge in [0.15, 0.2) is 6.10 Å². The number of nitrogens with one attached hydrogen (secondary N) is 2. The zero-order valence-corrected chi connectivity index (χ0v) is 16.5. The number of nitrogens with zero attached hydrogens (tertiary/aromatic N) is 1.